The Bertz CT molecular complexity index is 1040. The van der Waals surface area contributed by atoms with Crippen LogP contribution in [0.3, 0.4) is 0 Å². The van der Waals surface area contributed by atoms with Crippen LogP contribution >= 0.6 is 0 Å². The SMILES string of the molecule is C=C(C)N1Cc2c(cccc2-c2ccc(NC)cc2)C1=O.C=CC=O.CC=O.O=CNOCC1CCC1. The molecule has 0 radical (unpaired) electrons. The third kappa shape index (κ3) is 9.85. The van der Waals surface area contributed by atoms with Gasteiger partial charge in [-0.05, 0) is 73.6 Å². The maximum Gasteiger partial charge on any atom is 0.258 e. The second-order valence-corrected chi connectivity index (χ2v) is 8.24. The van der Waals surface area contributed by atoms with E-state index < -0.39 is 0 Å². The molecule has 2 aliphatic rings. The number of hydrogen-bond donors (Lipinski definition) is 2. The van der Waals surface area contributed by atoms with E-state index in [1.165, 1.54) is 32.3 Å². The van der Waals surface area contributed by atoms with Crippen LogP contribution in [0.15, 0.2) is 67.4 Å². The summed E-state index contributed by atoms with van der Waals surface area (Å²) in [4.78, 5) is 46.4. The van der Waals surface area contributed by atoms with Crippen molar-refractivity contribution in [3.63, 3.8) is 0 Å². The van der Waals surface area contributed by atoms with E-state index in [1.807, 2.05) is 38.2 Å². The number of allylic oxidation sites excluding steroid dienone is 2. The summed E-state index contributed by atoms with van der Waals surface area (Å²) in [6.07, 6.45) is 6.95. The summed E-state index contributed by atoms with van der Waals surface area (Å²) in [5.74, 6) is 0.739. The number of aldehydes is 2. The summed E-state index contributed by atoms with van der Waals surface area (Å²) in [5, 5.41) is 3.11. The van der Waals surface area contributed by atoms with Gasteiger partial charge in [-0.2, -0.15) is 0 Å². The minimum Gasteiger partial charge on any atom is -0.388 e. The molecule has 0 saturated heterocycles. The number of rotatable bonds is 8. The van der Waals surface area contributed by atoms with Gasteiger partial charge < -0.3 is 15.0 Å². The summed E-state index contributed by atoms with van der Waals surface area (Å²) >= 11 is 0. The normalized spacial score (nSPS) is 12.9. The number of nitrogens with zero attached hydrogens (tertiary/aromatic N) is 1. The molecule has 8 heteroatoms. The van der Waals surface area contributed by atoms with Gasteiger partial charge in [-0.1, -0.05) is 43.8 Å². The molecular formula is C29H37N3O5. The summed E-state index contributed by atoms with van der Waals surface area (Å²) < 4.78 is 0. The first-order valence-electron chi connectivity index (χ1n) is 12.0. The van der Waals surface area contributed by atoms with E-state index >= 15 is 0 Å². The Morgan fingerprint density at radius 2 is 1.70 bits per heavy atom. The van der Waals surface area contributed by atoms with Crippen LogP contribution in [0.4, 0.5) is 5.69 Å². The number of nitrogens with one attached hydrogen (secondary N) is 2. The number of hydrogen-bond acceptors (Lipinski definition) is 6. The van der Waals surface area contributed by atoms with Crippen molar-refractivity contribution >= 4 is 30.6 Å². The summed E-state index contributed by atoms with van der Waals surface area (Å²) in [6, 6.07) is 14.2. The number of benzene rings is 2. The second kappa shape index (κ2) is 17.4. The smallest absolute Gasteiger partial charge is 0.258 e. The molecule has 4 rings (SSSR count). The maximum absolute atomic E-state index is 12.4. The molecule has 0 spiro atoms. The standard InChI is InChI=1S/C18H18N2O.C6H11NO2.C3H4O.C2H4O/c1-12(2)20-11-17-15(5-4-6-16(17)18(20)21)13-7-9-14(19-3)10-8-13;8-5-7-9-4-6-2-1-3-6;1-2-3-4;1-2-3/h4-10,19H,1,11H2,2-3H3;5-6H,1-4H2,(H,7,8);2-3H,1H2;2H,1H3. The molecular weight excluding hydrogens is 470 g/mol. The zero-order chi connectivity index (χ0) is 27.6. The van der Waals surface area contributed by atoms with Gasteiger partial charge in [0.05, 0.1) is 13.2 Å². The molecule has 0 unspecified atom stereocenters. The topological polar surface area (TPSA) is 105 Å². The van der Waals surface area contributed by atoms with Crippen molar-refractivity contribution in [2.75, 3.05) is 19.0 Å². The molecule has 1 aliphatic carbocycles. The highest BCUT2D eigenvalue weighted by Crippen LogP contribution is 2.34. The lowest BCUT2D eigenvalue weighted by Crippen LogP contribution is -2.22. The molecule has 1 saturated carbocycles. The minimum absolute atomic E-state index is 0.0474. The van der Waals surface area contributed by atoms with Crippen LogP contribution in [0.25, 0.3) is 11.1 Å². The lowest BCUT2D eigenvalue weighted by atomic mass is 9.86. The number of anilines is 1. The third-order valence-corrected chi connectivity index (χ3v) is 5.68. The molecule has 37 heavy (non-hydrogen) atoms. The molecule has 0 bridgehead atoms. The van der Waals surface area contributed by atoms with E-state index in [0.29, 0.717) is 31.8 Å². The van der Waals surface area contributed by atoms with Crippen LogP contribution in [-0.4, -0.2) is 43.4 Å². The van der Waals surface area contributed by atoms with E-state index in [0.717, 1.165) is 39.9 Å². The largest absolute Gasteiger partial charge is 0.388 e. The number of fused-ring (bicyclic) bond motifs is 1. The highest BCUT2D eigenvalue weighted by Gasteiger charge is 2.29. The molecule has 2 N–H and O–H groups in total. The Balaban J connectivity index is 0.000000353. The van der Waals surface area contributed by atoms with Crippen LogP contribution in [-0.2, 0) is 25.8 Å². The van der Waals surface area contributed by atoms with Crippen LogP contribution in [0.2, 0.25) is 0 Å². The fourth-order valence-electron chi connectivity index (χ4n) is 3.59. The van der Waals surface area contributed by atoms with Gasteiger partial charge in [0, 0.05) is 24.0 Å². The Hall–Kier alpha value is -4.04. The van der Waals surface area contributed by atoms with E-state index in [2.05, 4.69) is 42.2 Å². The zero-order valence-corrected chi connectivity index (χ0v) is 21.9. The van der Waals surface area contributed by atoms with E-state index in [-0.39, 0.29) is 5.91 Å². The van der Waals surface area contributed by atoms with E-state index in [1.54, 1.807) is 4.90 Å². The monoisotopic (exact) mass is 507 g/mol. The molecule has 2 aromatic rings. The molecule has 0 atom stereocenters. The predicted octanol–water partition coefficient (Wildman–Crippen LogP) is 4.93. The molecule has 0 aromatic heterocycles. The van der Waals surface area contributed by atoms with Crippen molar-refractivity contribution < 1.29 is 24.0 Å². The van der Waals surface area contributed by atoms with Gasteiger partial charge in [-0.15, -0.1) is 0 Å². The maximum atomic E-state index is 12.4. The third-order valence-electron chi connectivity index (χ3n) is 5.68. The van der Waals surface area contributed by atoms with Gasteiger partial charge in [0.2, 0.25) is 6.41 Å². The Kier molecular flexibility index (Phi) is 14.6. The highest BCUT2D eigenvalue weighted by atomic mass is 16.6. The first kappa shape index (κ1) is 31.0. The lowest BCUT2D eigenvalue weighted by Gasteiger charge is -2.23. The van der Waals surface area contributed by atoms with Gasteiger partial charge in [0.15, 0.2) is 0 Å². The summed E-state index contributed by atoms with van der Waals surface area (Å²) in [7, 11) is 1.90. The number of carbonyl (C=O) groups is 4. The van der Waals surface area contributed by atoms with Crippen LogP contribution in [0, 0.1) is 5.92 Å². The van der Waals surface area contributed by atoms with Crippen molar-refractivity contribution in [3.05, 3.63) is 78.5 Å². The second-order valence-electron chi connectivity index (χ2n) is 8.24. The fourth-order valence-corrected chi connectivity index (χ4v) is 3.59. The van der Waals surface area contributed by atoms with Crippen LogP contribution in [0.1, 0.15) is 49.0 Å². The quantitative estimate of drug-likeness (QED) is 0.227. The molecule has 1 heterocycles. The van der Waals surface area contributed by atoms with E-state index in [4.69, 9.17) is 14.4 Å². The molecule has 8 nitrogen and oxygen atoms in total. The van der Waals surface area contributed by atoms with Crippen molar-refractivity contribution in [2.45, 2.75) is 39.7 Å². The van der Waals surface area contributed by atoms with Gasteiger partial charge in [-0.25, -0.2) is 5.48 Å². The van der Waals surface area contributed by atoms with Crippen molar-refractivity contribution in [1.82, 2.24) is 10.4 Å². The summed E-state index contributed by atoms with van der Waals surface area (Å²) in [6.45, 7) is 11.6. The predicted molar refractivity (Wildman–Crippen MR) is 147 cm³/mol. The lowest BCUT2D eigenvalue weighted by molar-refractivity contribution is -0.122. The molecule has 1 aliphatic heterocycles. The Morgan fingerprint density at radius 1 is 1.11 bits per heavy atom. The minimum atomic E-state index is 0.0474. The molecule has 198 valence electrons. The Morgan fingerprint density at radius 3 is 2.16 bits per heavy atom. The molecule has 2 amide bonds. The fraction of sp³-hybridized carbons (Fsp3) is 0.310. The number of amides is 2. The van der Waals surface area contributed by atoms with Crippen LogP contribution < -0.4 is 10.8 Å². The zero-order valence-electron chi connectivity index (χ0n) is 21.9. The highest BCUT2D eigenvalue weighted by molar-refractivity contribution is 6.01. The van der Waals surface area contributed by atoms with Gasteiger partial charge in [0.1, 0.15) is 12.6 Å². The summed E-state index contributed by atoms with van der Waals surface area (Å²) in [5.41, 5.74) is 8.14. The van der Waals surface area contributed by atoms with Crippen molar-refractivity contribution in [2.24, 2.45) is 5.92 Å². The van der Waals surface area contributed by atoms with Crippen LogP contribution in [0.5, 0.6) is 0 Å². The number of hydroxylamine groups is 1. The van der Waals surface area contributed by atoms with E-state index in [9.17, 15) is 9.59 Å². The van der Waals surface area contributed by atoms with Crippen molar-refractivity contribution in [1.29, 1.82) is 0 Å². The average Bonchev–Trinajstić information content (AvgIpc) is 3.23. The Labute approximate surface area is 219 Å². The van der Waals surface area contributed by atoms with Crippen molar-refractivity contribution in [3.8, 4) is 11.1 Å². The first-order chi connectivity index (χ1) is 17.9. The van der Waals surface area contributed by atoms with Gasteiger partial charge in [0.25, 0.3) is 5.91 Å². The average molecular weight is 508 g/mol. The van der Waals surface area contributed by atoms with Gasteiger partial charge in [-0.3, -0.25) is 19.2 Å². The molecule has 2 aromatic carbocycles. The first-order valence-corrected chi connectivity index (χ1v) is 12.0. The molecule has 1 fully saturated rings. The number of carbonyl (C=O) groups excluding carboxylic acids is 4. The van der Waals surface area contributed by atoms with Gasteiger partial charge >= 0.3 is 0 Å².